The van der Waals surface area contributed by atoms with Gasteiger partial charge in [-0.25, -0.2) is 0 Å². The summed E-state index contributed by atoms with van der Waals surface area (Å²) < 4.78 is 0. The number of aldehydes is 1. The highest BCUT2D eigenvalue weighted by Gasteiger charge is 2.06. The Labute approximate surface area is 77.4 Å². The first-order valence-electron chi connectivity index (χ1n) is 3.79. The van der Waals surface area contributed by atoms with Crippen LogP contribution in [0.25, 0.3) is 0 Å². The van der Waals surface area contributed by atoms with E-state index in [1.165, 1.54) is 0 Å². The topological polar surface area (TPSA) is 17.1 Å². The van der Waals surface area contributed by atoms with Crippen LogP contribution in [0, 0.1) is 20.8 Å². The first-order valence-corrected chi connectivity index (χ1v) is 4.17. The molecule has 1 aromatic carbocycles. The fourth-order valence-electron chi connectivity index (χ4n) is 1.15. The second-order valence-electron chi connectivity index (χ2n) is 2.96. The van der Waals surface area contributed by atoms with Crippen molar-refractivity contribution < 1.29 is 4.79 Å². The molecule has 64 valence electrons. The van der Waals surface area contributed by atoms with Gasteiger partial charge in [-0.2, -0.15) is 0 Å². The number of hydrogen-bond acceptors (Lipinski definition) is 1. The molecule has 0 saturated heterocycles. The van der Waals surface area contributed by atoms with E-state index in [4.69, 9.17) is 11.6 Å². The van der Waals surface area contributed by atoms with Gasteiger partial charge in [-0.05, 0) is 43.5 Å². The fraction of sp³-hybridized carbons (Fsp3) is 0.300. The van der Waals surface area contributed by atoms with Gasteiger partial charge in [-0.1, -0.05) is 11.6 Å². The van der Waals surface area contributed by atoms with Gasteiger partial charge in [0.05, 0.1) is 0 Å². The molecule has 2 heteroatoms. The van der Waals surface area contributed by atoms with E-state index >= 15 is 0 Å². The number of aryl methyl sites for hydroxylation is 1. The van der Waals surface area contributed by atoms with Gasteiger partial charge in [0.2, 0.25) is 0 Å². The summed E-state index contributed by atoms with van der Waals surface area (Å²) in [7, 11) is 0. The average Bonchev–Trinajstić information content (AvgIpc) is 2.08. The van der Waals surface area contributed by atoms with E-state index in [1.54, 1.807) is 0 Å². The summed E-state index contributed by atoms with van der Waals surface area (Å²) in [6, 6.07) is 1.86. The van der Waals surface area contributed by atoms with Crippen LogP contribution in [0.5, 0.6) is 0 Å². The quantitative estimate of drug-likeness (QED) is 0.610. The summed E-state index contributed by atoms with van der Waals surface area (Å²) >= 11 is 6.01. The lowest BCUT2D eigenvalue weighted by Gasteiger charge is -2.08. The van der Waals surface area contributed by atoms with Gasteiger partial charge < -0.3 is 0 Å². The molecule has 0 spiro atoms. The third-order valence-corrected chi connectivity index (χ3v) is 2.75. The monoisotopic (exact) mass is 182 g/mol. The number of carbonyl (C=O) groups is 1. The smallest absolute Gasteiger partial charge is 0.150 e. The summed E-state index contributed by atoms with van der Waals surface area (Å²) in [5.74, 6) is 0. The van der Waals surface area contributed by atoms with Crippen molar-refractivity contribution in [1.29, 1.82) is 0 Å². The molecule has 1 aromatic rings. The van der Waals surface area contributed by atoms with Crippen molar-refractivity contribution in [1.82, 2.24) is 0 Å². The molecule has 1 rings (SSSR count). The van der Waals surface area contributed by atoms with E-state index in [1.807, 2.05) is 26.8 Å². The summed E-state index contributed by atoms with van der Waals surface area (Å²) in [5, 5.41) is 0.706. The van der Waals surface area contributed by atoms with Crippen molar-refractivity contribution in [2.45, 2.75) is 20.8 Å². The molecule has 0 bridgehead atoms. The first kappa shape index (κ1) is 9.27. The zero-order valence-corrected chi connectivity index (χ0v) is 8.20. The third-order valence-electron chi connectivity index (χ3n) is 2.18. The molecule has 0 aliphatic rings. The molecule has 12 heavy (non-hydrogen) atoms. The Hall–Kier alpha value is -0.820. The van der Waals surface area contributed by atoms with Crippen LogP contribution >= 0.6 is 11.6 Å². The number of carbonyl (C=O) groups excluding carboxylic acids is 1. The Morgan fingerprint density at radius 3 is 2.33 bits per heavy atom. The number of halogens is 1. The fourth-order valence-corrected chi connectivity index (χ4v) is 1.41. The third kappa shape index (κ3) is 1.37. The SMILES string of the molecule is Cc1cc(C=O)c(C)c(Cl)c1C. The van der Waals surface area contributed by atoms with Gasteiger partial charge in [0.25, 0.3) is 0 Å². The van der Waals surface area contributed by atoms with E-state index in [-0.39, 0.29) is 0 Å². The highest BCUT2D eigenvalue weighted by Crippen LogP contribution is 2.25. The van der Waals surface area contributed by atoms with E-state index in [9.17, 15) is 4.79 Å². The molecule has 0 aliphatic carbocycles. The van der Waals surface area contributed by atoms with Crippen LogP contribution in [0.2, 0.25) is 5.02 Å². The van der Waals surface area contributed by atoms with Gasteiger partial charge in [0.1, 0.15) is 6.29 Å². The second-order valence-corrected chi connectivity index (χ2v) is 3.34. The maximum Gasteiger partial charge on any atom is 0.150 e. The average molecular weight is 183 g/mol. The molecule has 0 saturated carbocycles. The van der Waals surface area contributed by atoms with Crippen LogP contribution in [0.1, 0.15) is 27.0 Å². The summed E-state index contributed by atoms with van der Waals surface area (Å²) in [6.07, 6.45) is 0.841. The largest absolute Gasteiger partial charge is 0.298 e. The van der Waals surface area contributed by atoms with Crippen molar-refractivity contribution in [3.8, 4) is 0 Å². The first-order chi connectivity index (χ1) is 5.57. The molecular weight excluding hydrogens is 172 g/mol. The Bertz CT molecular complexity index is 329. The predicted molar refractivity (Wildman–Crippen MR) is 51.1 cm³/mol. The molecule has 0 fully saturated rings. The van der Waals surface area contributed by atoms with Crippen molar-refractivity contribution in [2.24, 2.45) is 0 Å². The van der Waals surface area contributed by atoms with Crippen molar-refractivity contribution >= 4 is 17.9 Å². The standard InChI is InChI=1S/C10H11ClO/c1-6-4-9(5-12)8(3)10(11)7(6)2/h4-5H,1-3H3. The van der Waals surface area contributed by atoms with E-state index < -0.39 is 0 Å². The van der Waals surface area contributed by atoms with E-state index in [0.717, 1.165) is 23.0 Å². The molecule has 0 aromatic heterocycles. The Kier molecular flexibility index (Phi) is 2.53. The van der Waals surface area contributed by atoms with E-state index in [2.05, 4.69) is 0 Å². The lowest BCUT2D eigenvalue weighted by Crippen LogP contribution is -1.93. The van der Waals surface area contributed by atoms with Gasteiger partial charge >= 0.3 is 0 Å². The minimum atomic E-state index is 0.683. The van der Waals surface area contributed by atoms with E-state index in [0.29, 0.717) is 10.6 Å². The van der Waals surface area contributed by atoms with Crippen LogP contribution in [0.3, 0.4) is 0 Å². The molecule has 0 unspecified atom stereocenters. The van der Waals surface area contributed by atoms with Crippen molar-refractivity contribution in [3.63, 3.8) is 0 Å². The summed E-state index contributed by atoms with van der Waals surface area (Å²) in [5.41, 5.74) is 3.67. The molecule has 0 atom stereocenters. The highest BCUT2D eigenvalue weighted by molar-refractivity contribution is 6.32. The lowest BCUT2D eigenvalue weighted by atomic mass is 10.0. The van der Waals surface area contributed by atoms with Gasteiger partial charge in [-0.3, -0.25) is 4.79 Å². The lowest BCUT2D eigenvalue weighted by molar-refractivity contribution is 0.112. The normalized spacial score (nSPS) is 10.0. The van der Waals surface area contributed by atoms with Crippen LogP contribution < -0.4 is 0 Å². The van der Waals surface area contributed by atoms with Gasteiger partial charge in [-0.15, -0.1) is 0 Å². The molecule has 0 amide bonds. The van der Waals surface area contributed by atoms with Crippen LogP contribution in [0.15, 0.2) is 6.07 Å². The predicted octanol–water partition coefficient (Wildman–Crippen LogP) is 3.08. The molecule has 0 N–H and O–H groups in total. The highest BCUT2D eigenvalue weighted by atomic mass is 35.5. The zero-order valence-electron chi connectivity index (χ0n) is 7.44. The number of benzene rings is 1. The van der Waals surface area contributed by atoms with Crippen molar-refractivity contribution in [2.75, 3.05) is 0 Å². The minimum absolute atomic E-state index is 0.683. The van der Waals surface area contributed by atoms with Crippen LogP contribution in [-0.2, 0) is 0 Å². The summed E-state index contributed by atoms with van der Waals surface area (Å²) in [6.45, 7) is 5.77. The van der Waals surface area contributed by atoms with Crippen LogP contribution in [-0.4, -0.2) is 6.29 Å². The second kappa shape index (κ2) is 3.28. The van der Waals surface area contributed by atoms with Crippen LogP contribution in [0.4, 0.5) is 0 Å². The van der Waals surface area contributed by atoms with Gasteiger partial charge in [0.15, 0.2) is 0 Å². The minimum Gasteiger partial charge on any atom is -0.298 e. The number of hydrogen-bond donors (Lipinski definition) is 0. The zero-order chi connectivity index (χ0) is 9.30. The Morgan fingerprint density at radius 1 is 1.25 bits per heavy atom. The molecule has 0 aliphatic heterocycles. The Morgan fingerprint density at radius 2 is 1.83 bits per heavy atom. The maximum absolute atomic E-state index is 10.6. The Balaban J connectivity index is 3.49. The van der Waals surface area contributed by atoms with Crippen molar-refractivity contribution in [3.05, 3.63) is 33.3 Å². The maximum atomic E-state index is 10.6. The molecule has 0 heterocycles. The number of rotatable bonds is 1. The summed E-state index contributed by atoms with van der Waals surface area (Å²) in [4.78, 5) is 10.6. The molecular formula is C10H11ClO. The molecule has 0 radical (unpaired) electrons. The molecule has 1 nitrogen and oxygen atoms in total. The van der Waals surface area contributed by atoms with Gasteiger partial charge in [0, 0.05) is 10.6 Å².